The largest absolute Gasteiger partial charge is 0.534 e. The number of rotatable bonds is 3. The molecule has 1 fully saturated rings. The molecule has 9 heteroatoms. The van der Waals surface area contributed by atoms with E-state index in [0.717, 1.165) is 49.0 Å². The van der Waals surface area contributed by atoms with Gasteiger partial charge < -0.3 is 14.2 Å². The summed E-state index contributed by atoms with van der Waals surface area (Å²) in [4.78, 5) is 0. The molecule has 1 N–H and O–H groups in total. The Hall–Kier alpha value is -2.26. The quantitative estimate of drug-likeness (QED) is 0.570. The zero-order valence-corrected chi connectivity index (χ0v) is 17.1. The molecule has 4 rings (SSSR count). The maximum Gasteiger partial charge on any atom is 0.534 e. The third-order valence-electron chi connectivity index (χ3n) is 5.71. The Morgan fingerprint density at radius 3 is 2.53 bits per heavy atom. The third-order valence-corrected chi connectivity index (χ3v) is 6.69. The van der Waals surface area contributed by atoms with Crippen molar-refractivity contribution in [3.05, 3.63) is 59.2 Å². The number of benzene rings is 2. The van der Waals surface area contributed by atoms with E-state index in [-0.39, 0.29) is 5.92 Å². The van der Waals surface area contributed by atoms with E-state index in [1.165, 1.54) is 12.1 Å². The molecule has 0 radical (unpaired) electrons. The van der Waals surface area contributed by atoms with E-state index >= 15 is 0 Å². The standard InChI is InChI=1S/C21H22F3NO4S/c1-14-3-2-4-15(11-14)18-13-20(7-9-25-10-8-20)28-19-12-16(5-6-17(18)19)29-30(26,27)21(22,23)24/h2-6,11-12,18,25H,7-10,13H2,1H3. The van der Waals surface area contributed by atoms with Gasteiger partial charge in [-0.15, -0.1) is 0 Å². The van der Waals surface area contributed by atoms with Crippen LogP contribution < -0.4 is 14.2 Å². The second-order valence-electron chi connectivity index (χ2n) is 7.89. The molecule has 1 saturated heterocycles. The molecule has 2 heterocycles. The van der Waals surface area contributed by atoms with Crippen LogP contribution in [0.25, 0.3) is 0 Å². The van der Waals surface area contributed by atoms with Gasteiger partial charge in [0.1, 0.15) is 17.1 Å². The minimum Gasteiger partial charge on any atom is -0.487 e. The van der Waals surface area contributed by atoms with Crippen LogP contribution in [0.1, 0.15) is 41.9 Å². The number of fused-ring (bicyclic) bond motifs is 1. The monoisotopic (exact) mass is 441 g/mol. The van der Waals surface area contributed by atoms with Crippen LogP contribution in [0.2, 0.25) is 0 Å². The fourth-order valence-electron chi connectivity index (χ4n) is 4.25. The lowest BCUT2D eigenvalue weighted by molar-refractivity contribution is -0.0500. The summed E-state index contributed by atoms with van der Waals surface area (Å²) in [5.74, 6) is -0.0652. The van der Waals surface area contributed by atoms with Crippen molar-refractivity contribution in [2.24, 2.45) is 0 Å². The van der Waals surface area contributed by atoms with Crippen molar-refractivity contribution in [3.8, 4) is 11.5 Å². The molecule has 2 aliphatic heterocycles. The first-order valence-corrected chi connectivity index (χ1v) is 11.1. The molecule has 1 unspecified atom stereocenters. The zero-order valence-electron chi connectivity index (χ0n) is 16.3. The molecule has 0 saturated carbocycles. The van der Waals surface area contributed by atoms with Crippen molar-refractivity contribution in [1.82, 2.24) is 5.32 Å². The molecule has 0 aliphatic carbocycles. The van der Waals surface area contributed by atoms with E-state index in [2.05, 4.69) is 15.6 Å². The molecule has 2 aliphatic rings. The Morgan fingerprint density at radius 2 is 1.87 bits per heavy atom. The summed E-state index contributed by atoms with van der Waals surface area (Å²) in [7, 11) is -5.75. The van der Waals surface area contributed by atoms with Gasteiger partial charge in [-0.2, -0.15) is 21.6 Å². The maximum absolute atomic E-state index is 12.7. The highest BCUT2D eigenvalue weighted by atomic mass is 32.2. The van der Waals surface area contributed by atoms with E-state index in [1.54, 1.807) is 6.07 Å². The third kappa shape index (κ3) is 4.00. The number of aryl methyl sites for hydroxylation is 1. The van der Waals surface area contributed by atoms with Gasteiger partial charge >= 0.3 is 15.6 Å². The molecule has 1 spiro atoms. The summed E-state index contributed by atoms with van der Waals surface area (Å²) in [6.45, 7) is 3.55. The number of nitrogens with one attached hydrogen (secondary N) is 1. The van der Waals surface area contributed by atoms with E-state index in [0.29, 0.717) is 5.75 Å². The van der Waals surface area contributed by atoms with Gasteiger partial charge in [-0.25, -0.2) is 0 Å². The predicted molar refractivity (Wildman–Crippen MR) is 105 cm³/mol. The van der Waals surface area contributed by atoms with Gasteiger partial charge in [-0.3, -0.25) is 0 Å². The number of halogens is 3. The van der Waals surface area contributed by atoms with Crippen molar-refractivity contribution in [3.63, 3.8) is 0 Å². The zero-order chi connectivity index (χ0) is 21.6. The van der Waals surface area contributed by atoms with Gasteiger partial charge in [-0.05, 0) is 50.9 Å². The Bertz CT molecular complexity index is 1050. The van der Waals surface area contributed by atoms with Crippen LogP contribution >= 0.6 is 0 Å². The Labute approximate surface area is 173 Å². The molecule has 162 valence electrons. The lowest BCUT2D eigenvalue weighted by Gasteiger charge is -2.45. The van der Waals surface area contributed by atoms with Crippen LogP contribution in [0.5, 0.6) is 11.5 Å². The summed E-state index contributed by atoms with van der Waals surface area (Å²) in [5, 5.41) is 3.29. The van der Waals surface area contributed by atoms with Crippen molar-refractivity contribution in [2.75, 3.05) is 13.1 Å². The number of hydrogen-bond acceptors (Lipinski definition) is 5. The Kier molecular flexibility index (Phi) is 5.22. The van der Waals surface area contributed by atoms with Crippen molar-refractivity contribution >= 4 is 10.1 Å². The molecule has 1 atom stereocenters. The van der Waals surface area contributed by atoms with Gasteiger partial charge in [0.2, 0.25) is 0 Å². The van der Waals surface area contributed by atoms with Crippen LogP contribution in [0.4, 0.5) is 13.2 Å². The average molecular weight is 441 g/mol. The first-order chi connectivity index (χ1) is 14.1. The molecule has 0 amide bonds. The summed E-state index contributed by atoms with van der Waals surface area (Å²) >= 11 is 0. The van der Waals surface area contributed by atoms with Crippen LogP contribution in [-0.2, 0) is 10.1 Å². The maximum atomic E-state index is 12.7. The highest BCUT2D eigenvalue weighted by Crippen LogP contribution is 2.48. The summed E-state index contributed by atoms with van der Waals surface area (Å²) in [5.41, 5.74) is -2.95. The number of ether oxygens (including phenoxy) is 1. The van der Waals surface area contributed by atoms with Gasteiger partial charge in [0, 0.05) is 17.5 Å². The highest BCUT2D eigenvalue weighted by molar-refractivity contribution is 7.88. The van der Waals surface area contributed by atoms with Crippen molar-refractivity contribution in [2.45, 2.75) is 43.2 Å². The van der Waals surface area contributed by atoms with E-state index in [4.69, 9.17) is 4.74 Å². The lowest BCUT2D eigenvalue weighted by Crippen LogP contribution is -2.49. The molecule has 0 aromatic heterocycles. The van der Waals surface area contributed by atoms with Crippen molar-refractivity contribution in [1.29, 1.82) is 0 Å². The fraction of sp³-hybridized carbons (Fsp3) is 0.429. The van der Waals surface area contributed by atoms with Crippen LogP contribution in [-0.4, -0.2) is 32.6 Å². The van der Waals surface area contributed by atoms with Crippen LogP contribution in [0, 0.1) is 6.92 Å². The predicted octanol–water partition coefficient (Wildman–Crippen LogP) is 4.26. The van der Waals surface area contributed by atoms with Crippen molar-refractivity contribution < 1.29 is 30.5 Å². The number of alkyl halides is 3. The molecule has 5 nitrogen and oxygen atoms in total. The lowest BCUT2D eigenvalue weighted by atomic mass is 9.75. The summed E-state index contributed by atoms with van der Waals surface area (Å²) in [6, 6.07) is 12.2. The normalized spacial score (nSPS) is 21.0. The van der Waals surface area contributed by atoms with Crippen LogP contribution in [0.3, 0.4) is 0 Å². The fourth-order valence-corrected chi connectivity index (χ4v) is 4.70. The molecular formula is C21H22F3NO4S. The average Bonchev–Trinajstić information content (AvgIpc) is 2.66. The topological polar surface area (TPSA) is 64.6 Å². The minimum atomic E-state index is -5.75. The van der Waals surface area contributed by atoms with E-state index in [9.17, 15) is 21.6 Å². The molecular weight excluding hydrogens is 419 g/mol. The van der Waals surface area contributed by atoms with Gasteiger partial charge in [0.15, 0.2) is 0 Å². The minimum absolute atomic E-state index is 0.0139. The number of piperidine rings is 1. The van der Waals surface area contributed by atoms with Gasteiger partial charge in [0.05, 0.1) is 0 Å². The Balaban J connectivity index is 1.75. The first kappa shape index (κ1) is 21.0. The Morgan fingerprint density at radius 1 is 1.13 bits per heavy atom. The van der Waals surface area contributed by atoms with Crippen LogP contribution in [0.15, 0.2) is 42.5 Å². The van der Waals surface area contributed by atoms with Gasteiger partial charge in [-0.1, -0.05) is 35.9 Å². The molecule has 30 heavy (non-hydrogen) atoms. The SMILES string of the molecule is Cc1cccc(C2CC3(CCNCC3)Oc3cc(OS(=O)(=O)C(F)(F)F)ccc32)c1. The summed E-state index contributed by atoms with van der Waals surface area (Å²) in [6.07, 6.45) is 2.24. The molecule has 2 aromatic rings. The number of hydrogen-bond donors (Lipinski definition) is 1. The molecule has 2 aromatic carbocycles. The summed E-state index contributed by atoms with van der Waals surface area (Å²) < 4.78 is 71.6. The van der Waals surface area contributed by atoms with E-state index in [1.807, 2.05) is 25.1 Å². The highest BCUT2D eigenvalue weighted by Gasteiger charge is 2.49. The van der Waals surface area contributed by atoms with E-state index < -0.39 is 27.0 Å². The van der Waals surface area contributed by atoms with Gasteiger partial charge in [0.25, 0.3) is 0 Å². The second-order valence-corrected chi connectivity index (χ2v) is 9.43. The second kappa shape index (κ2) is 7.46. The smallest absolute Gasteiger partial charge is 0.487 e. The molecule has 0 bridgehead atoms. The first-order valence-electron chi connectivity index (χ1n) is 9.70.